The third-order valence-electron chi connectivity index (χ3n) is 12.9. The Balaban J connectivity index is 3.40. The van der Waals surface area contributed by atoms with Gasteiger partial charge in [0.05, 0.1) is 32.0 Å². The van der Waals surface area contributed by atoms with Crippen LogP contribution in [0.5, 0.6) is 5.75 Å². The van der Waals surface area contributed by atoms with E-state index in [1.807, 2.05) is 0 Å². The molecule has 0 spiro atoms. The predicted molar refractivity (Wildman–Crippen MR) is 297 cm³/mol. The minimum Gasteiger partial charge on any atom is -0.508 e. The number of amides is 12. The van der Waals surface area contributed by atoms with Crippen molar-refractivity contribution in [2.75, 3.05) is 19.7 Å². The topological polar surface area (TPSA) is 559 Å². The maximum absolute atomic E-state index is 14.2. The van der Waals surface area contributed by atoms with Gasteiger partial charge in [0.2, 0.25) is 70.9 Å². The molecule has 464 valence electrons. The van der Waals surface area contributed by atoms with Crippen LogP contribution < -0.4 is 82.3 Å². The van der Waals surface area contributed by atoms with Crippen molar-refractivity contribution in [3.05, 3.63) is 29.8 Å². The number of aromatic hydroxyl groups is 1. The van der Waals surface area contributed by atoms with Crippen molar-refractivity contribution in [3.8, 4) is 5.75 Å². The number of aliphatic carboxylic acids is 1. The van der Waals surface area contributed by atoms with Crippen LogP contribution in [0.25, 0.3) is 0 Å². The number of phenolic OH excluding ortho intramolecular Hbond substituents is 1. The van der Waals surface area contributed by atoms with Gasteiger partial charge in [-0.05, 0) is 61.1 Å². The van der Waals surface area contributed by atoms with Crippen LogP contribution in [0.15, 0.2) is 29.3 Å². The molecule has 32 heteroatoms. The van der Waals surface area contributed by atoms with Crippen LogP contribution in [-0.2, 0) is 68.7 Å². The molecule has 0 radical (unpaired) electrons. The molecule has 24 N–H and O–H groups in total. The first kappa shape index (κ1) is 72.3. The van der Waals surface area contributed by atoms with Crippen molar-refractivity contribution < 1.29 is 77.6 Å². The van der Waals surface area contributed by atoms with Crippen molar-refractivity contribution in [1.82, 2.24) is 47.9 Å². The Labute approximate surface area is 479 Å². The predicted octanol–water partition coefficient (Wildman–Crippen LogP) is -6.46. The summed E-state index contributed by atoms with van der Waals surface area (Å²) < 4.78 is 0. The van der Waals surface area contributed by atoms with E-state index < -0.39 is 182 Å². The smallest absolute Gasteiger partial charge is 0.305 e. The average Bonchev–Trinajstić information content (AvgIpc) is 3.41. The van der Waals surface area contributed by atoms with Crippen molar-refractivity contribution in [3.63, 3.8) is 0 Å². The summed E-state index contributed by atoms with van der Waals surface area (Å²) >= 11 is 0. The summed E-state index contributed by atoms with van der Waals surface area (Å²) in [6.45, 7) is 8.26. The molecule has 11 atom stereocenters. The molecular weight excluding hydrogens is 1090 g/mol. The molecule has 0 aliphatic rings. The van der Waals surface area contributed by atoms with Gasteiger partial charge in [0.25, 0.3) is 0 Å². The minimum absolute atomic E-state index is 0.0427. The number of primary amides is 3. The molecule has 0 fully saturated rings. The first-order valence-electron chi connectivity index (χ1n) is 26.8. The zero-order valence-corrected chi connectivity index (χ0v) is 47.5. The molecule has 0 heterocycles. The Morgan fingerprint density at radius 2 is 1.05 bits per heavy atom. The summed E-state index contributed by atoms with van der Waals surface area (Å²) in [6.07, 6.45) is -2.08. The molecule has 0 saturated heterocycles. The number of guanidine groups is 1. The van der Waals surface area contributed by atoms with Crippen LogP contribution in [0.1, 0.15) is 105 Å². The highest BCUT2D eigenvalue weighted by molar-refractivity contribution is 5.99. The zero-order chi connectivity index (χ0) is 63.3. The van der Waals surface area contributed by atoms with Gasteiger partial charge in [-0.2, -0.15) is 0 Å². The molecule has 1 rings (SSSR count). The number of phenols is 1. The summed E-state index contributed by atoms with van der Waals surface area (Å²) in [6, 6.07) is -8.11. The average molecular weight is 1180 g/mol. The summed E-state index contributed by atoms with van der Waals surface area (Å²) in [7, 11) is 0. The fourth-order valence-corrected chi connectivity index (χ4v) is 7.80. The Morgan fingerprint density at radius 1 is 0.554 bits per heavy atom. The molecule has 0 saturated carbocycles. The summed E-state index contributed by atoms with van der Waals surface area (Å²) in [5, 5.41) is 50.6. The van der Waals surface area contributed by atoms with E-state index in [9.17, 15) is 72.5 Å². The highest BCUT2D eigenvalue weighted by Gasteiger charge is 2.37. The highest BCUT2D eigenvalue weighted by Crippen LogP contribution is 2.15. The van der Waals surface area contributed by atoms with Crippen LogP contribution >= 0.6 is 0 Å². The van der Waals surface area contributed by atoms with Gasteiger partial charge in [-0.15, -0.1) is 0 Å². The number of nitrogens with zero attached hydrogens (tertiary/aromatic N) is 1. The number of carbonyl (C=O) groups excluding carboxylic acids is 12. The second kappa shape index (κ2) is 36.6. The SMILES string of the molecule is CC[C@H](C)[C@H](NC(=O)CNC(=O)[C@H](Cc1ccc(O)cc1)NC(=O)[C@@H](N)CC(=O)O)C(=O)N[C@@H](CC(C)C)C(=O)N[C@@H](CCC(N)=O)C(=O)N[C@H](C(=O)N[C@@H](CC(N)=O)C(=O)N[C@@H](CO)C(=O)N[C@@H](CCCN=C(N)N)C(N)=O)[C@@H](C)CC. The number of carbonyl (C=O) groups is 13. The number of nitrogens with two attached hydrogens (primary N) is 6. The molecule has 0 aliphatic carbocycles. The quantitative estimate of drug-likeness (QED) is 0.0166. The number of hydrogen-bond acceptors (Lipinski definition) is 17. The maximum Gasteiger partial charge on any atom is 0.305 e. The number of benzene rings is 1. The van der Waals surface area contributed by atoms with E-state index in [1.54, 1.807) is 34.6 Å². The molecule has 1 aromatic rings. The van der Waals surface area contributed by atoms with E-state index >= 15 is 0 Å². The number of carboxylic acids is 1. The number of nitrogens with one attached hydrogen (secondary N) is 9. The fourth-order valence-electron chi connectivity index (χ4n) is 7.80. The van der Waals surface area contributed by atoms with Crippen molar-refractivity contribution in [2.45, 2.75) is 160 Å². The maximum atomic E-state index is 14.2. The van der Waals surface area contributed by atoms with Gasteiger partial charge in [0.1, 0.15) is 54.1 Å². The third-order valence-corrected chi connectivity index (χ3v) is 12.9. The van der Waals surface area contributed by atoms with Crippen LogP contribution in [0.4, 0.5) is 0 Å². The second-order valence-corrected chi connectivity index (χ2v) is 20.3. The van der Waals surface area contributed by atoms with Crippen LogP contribution in [0, 0.1) is 17.8 Å². The molecule has 0 unspecified atom stereocenters. The first-order chi connectivity index (χ1) is 38.8. The number of aliphatic hydroxyl groups is 1. The molecule has 32 nitrogen and oxygen atoms in total. The number of hydrogen-bond donors (Lipinski definition) is 18. The van der Waals surface area contributed by atoms with Crippen molar-refractivity contribution in [1.29, 1.82) is 0 Å². The number of aliphatic hydroxyl groups excluding tert-OH is 1. The Kier molecular flexibility index (Phi) is 31.9. The van der Waals surface area contributed by atoms with E-state index in [1.165, 1.54) is 31.2 Å². The van der Waals surface area contributed by atoms with Crippen molar-refractivity contribution in [2.24, 2.45) is 57.1 Å². The van der Waals surface area contributed by atoms with Gasteiger partial charge < -0.3 is 97.6 Å². The molecule has 0 aromatic heterocycles. The lowest BCUT2D eigenvalue weighted by Gasteiger charge is -2.30. The first-order valence-corrected chi connectivity index (χ1v) is 26.8. The van der Waals surface area contributed by atoms with E-state index in [4.69, 9.17) is 39.5 Å². The molecule has 83 heavy (non-hydrogen) atoms. The summed E-state index contributed by atoms with van der Waals surface area (Å²) in [5.74, 6) is -15.2. The summed E-state index contributed by atoms with van der Waals surface area (Å²) in [5.41, 5.74) is 33.0. The Bertz CT molecular complexity index is 2460. The molecule has 0 aliphatic heterocycles. The zero-order valence-electron chi connectivity index (χ0n) is 47.5. The fraction of sp³-hybridized carbons (Fsp3) is 0.608. The van der Waals surface area contributed by atoms with Crippen LogP contribution in [0.2, 0.25) is 0 Å². The number of aliphatic imine (C=N–C) groups is 1. The van der Waals surface area contributed by atoms with Crippen molar-refractivity contribution >= 4 is 82.8 Å². The Morgan fingerprint density at radius 3 is 1.55 bits per heavy atom. The Hall–Kier alpha value is -8.68. The standard InChI is InChI=1S/C51H84N16O16/c1-7-25(5)40(66-38(72)22-59-44(77)33(19-27-11-13-28(69)14-12-27)62-43(76)29(52)20-39(73)74)49(82)63-32(18-24(3)4)46(79)61-31(15-16-36(53)70)45(78)67-41(26(6)8-2)50(83)64-34(21-37(54)71)47(80)65-35(23-68)48(81)60-30(42(55)75)10-9-17-58-51(56)57/h11-14,24-26,29-35,40-41,68-69H,7-10,15-23,52H2,1-6H3,(H2,53,70)(H2,54,71)(H2,55,75)(H,59,77)(H,60,81)(H,61,79)(H,62,76)(H,63,82)(H,64,83)(H,65,80)(H,66,72)(H,67,78)(H,73,74)(H4,56,57,58)/t25-,26-,29-,30-,31-,32-,33-,34-,35-,40-,41-/m0/s1. The summed E-state index contributed by atoms with van der Waals surface area (Å²) in [4.78, 5) is 174. The van der Waals surface area contributed by atoms with Gasteiger partial charge in [-0.25, -0.2) is 0 Å². The van der Waals surface area contributed by atoms with Gasteiger partial charge >= 0.3 is 5.97 Å². The molecular formula is C51H84N16O16. The van der Waals surface area contributed by atoms with Gasteiger partial charge in [-0.1, -0.05) is 66.5 Å². The highest BCUT2D eigenvalue weighted by atomic mass is 16.4. The lowest BCUT2D eigenvalue weighted by atomic mass is 9.96. The normalized spacial score (nSPS) is 15.0. The number of carboxylic acid groups (broad SMARTS) is 1. The number of rotatable bonds is 39. The van der Waals surface area contributed by atoms with Gasteiger partial charge in [0, 0.05) is 19.4 Å². The van der Waals surface area contributed by atoms with Crippen LogP contribution in [0.3, 0.4) is 0 Å². The van der Waals surface area contributed by atoms with Gasteiger partial charge in [0.15, 0.2) is 5.96 Å². The minimum atomic E-state index is -1.82. The van der Waals surface area contributed by atoms with E-state index in [-0.39, 0.29) is 56.3 Å². The molecule has 12 amide bonds. The lowest BCUT2D eigenvalue weighted by Crippen LogP contribution is -2.62. The molecule has 0 bridgehead atoms. The monoisotopic (exact) mass is 1180 g/mol. The van der Waals surface area contributed by atoms with E-state index in [0.29, 0.717) is 12.0 Å². The van der Waals surface area contributed by atoms with Crippen LogP contribution in [-0.4, -0.2) is 172 Å². The van der Waals surface area contributed by atoms with E-state index in [2.05, 4.69) is 52.8 Å². The van der Waals surface area contributed by atoms with E-state index in [0.717, 1.165) is 0 Å². The van der Waals surface area contributed by atoms with Gasteiger partial charge in [-0.3, -0.25) is 67.3 Å². The lowest BCUT2D eigenvalue weighted by molar-refractivity contribution is -0.140. The largest absolute Gasteiger partial charge is 0.508 e. The molecule has 1 aromatic carbocycles. The second-order valence-electron chi connectivity index (χ2n) is 20.3. The third kappa shape index (κ3) is 27.6.